The summed E-state index contributed by atoms with van der Waals surface area (Å²) in [5.74, 6) is 2.47. The van der Waals surface area contributed by atoms with Gasteiger partial charge in [0, 0.05) is 5.30 Å². The SMILES string of the molecule is COc1cccc(-c2c(C(C)C)cc(C(C)C)cc2C(C)C)c1P(C(C)(C)C)C(C)(C)C. The predicted molar refractivity (Wildman–Crippen MR) is 147 cm³/mol. The summed E-state index contributed by atoms with van der Waals surface area (Å²) >= 11 is 0. The minimum Gasteiger partial charge on any atom is -0.496 e. The highest BCUT2D eigenvalue weighted by atomic mass is 31.1. The van der Waals surface area contributed by atoms with Crippen molar-refractivity contribution in [3.63, 3.8) is 0 Å². The van der Waals surface area contributed by atoms with Crippen molar-refractivity contribution in [1.29, 1.82) is 0 Å². The van der Waals surface area contributed by atoms with Crippen LogP contribution in [0.15, 0.2) is 30.3 Å². The fourth-order valence-electron chi connectivity index (χ4n) is 5.06. The topological polar surface area (TPSA) is 9.23 Å². The summed E-state index contributed by atoms with van der Waals surface area (Å²) in [5, 5.41) is 1.74. The van der Waals surface area contributed by atoms with E-state index < -0.39 is 7.92 Å². The molecule has 0 radical (unpaired) electrons. The molecule has 0 N–H and O–H groups in total. The van der Waals surface area contributed by atoms with Crippen LogP contribution in [0, 0.1) is 0 Å². The fraction of sp³-hybridized carbons (Fsp3) is 0.600. The van der Waals surface area contributed by atoms with Crippen LogP contribution in [0.2, 0.25) is 0 Å². The average molecular weight is 455 g/mol. The third-order valence-electron chi connectivity index (χ3n) is 6.19. The van der Waals surface area contributed by atoms with Gasteiger partial charge in [0.05, 0.1) is 7.11 Å². The Kier molecular flexibility index (Phi) is 8.32. The van der Waals surface area contributed by atoms with Crippen LogP contribution >= 0.6 is 7.92 Å². The summed E-state index contributed by atoms with van der Waals surface area (Å²) in [5.41, 5.74) is 7.19. The van der Waals surface area contributed by atoms with Crippen molar-refractivity contribution in [1.82, 2.24) is 0 Å². The van der Waals surface area contributed by atoms with Gasteiger partial charge in [-0.3, -0.25) is 0 Å². The molecule has 0 heterocycles. The molecule has 0 amide bonds. The molecule has 0 bridgehead atoms. The second kappa shape index (κ2) is 9.89. The van der Waals surface area contributed by atoms with Crippen molar-refractivity contribution >= 4 is 13.2 Å². The average Bonchev–Trinajstić information content (AvgIpc) is 2.64. The van der Waals surface area contributed by atoms with E-state index in [4.69, 9.17) is 4.74 Å². The van der Waals surface area contributed by atoms with Crippen molar-refractivity contribution in [2.45, 2.75) is 111 Å². The summed E-state index contributed by atoms with van der Waals surface area (Å²) in [6.07, 6.45) is 0. The van der Waals surface area contributed by atoms with E-state index in [0.717, 1.165) is 5.75 Å². The molecule has 32 heavy (non-hydrogen) atoms. The normalized spacial score (nSPS) is 13.0. The lowest BCUT2D eigenvalue weighted by molar-refractivity contribution is 0.418. The first kappa shape index (κ1) is 26.9. The molecule has 2 rings (SSSR count). The molecule has 1 nitrogen and oxygen atoms in total. The van der Waals surface area contributed by atoms with Gasteiger partial charge in [0.1, 0.15) is 5.75 Å². The smallest absolute Gasteiger partial charge is 0.127 e. The first-order chi connectivity index (χ1) is 14.6. The van der Waals surface area contributed by atoms with Crippen LogP contribution in [0.5, 0.6) is 5.75 Å². The predicted octanol–water partition coefficient (Wildman–Crippen LogP) is 9.44. The minimum atomic E-state index is -0.517. The molecule has 0 spiro atoms. The lowest BCUT2D eigenvalue weighted by Crippen LogP contribution is -2.32. The first-order valence-corrected chi connectivity index (χ1v) is 13.6. The van der Waals surface area contributed by atoms with Crippen molar-refractivity contribution in [3.8, 4) is 16.9 Å². The maximum Gasteiger partial charge on any atom is 0.127 e. The molecule has 0 atom stereocenters. The highest BCUT2D eigenvalue weighted by molar-refractivity contribution is 7.69. The van der Waals surface area contributed by atoms with Crippen LogP contribution in [0.1, 0.15) is 118 Å². The summed E-state index contributed by atoms with van der Waals surface area (Å²) in [6.45, 7) is 28.3. The Bertz CT molecular complexity index is 880. The number of ether oxygens (including phenoxy) is 1. The Morgan fingerprint density at radius 1 is 0.719 bits per heavy atom. The third kappa shape index (κ3) is 5.59. The Hall–Kier alpha value is -1.33. The zero-order valence-electron chi connectivity index (χ0n) is 23.0. The Labute approximate surface area is 200 Å². The maximum absolute atomic E-state index is 6.06. The van der Waals surface area contributed by atoms with Gasteiger partial charge in [-0.15, -0.1) is 0 Å². The quantitative estimate of drug-likeness (QED) is 0.395. The molecular weight excluding hydrogens is 407 g/mol. The van der Waals surface area contributed by atoms with E-state index in [0.29, 0.717) is 17.8 Å². The van der Waals surface area contributed by atoms with Gasteiger partial charge in [0.25, 0.3) is 0 Å². The van der Waals surface area contributed by atoms with Gasteiger partial charge in [-0.05, 0) is 61.9 Å². The van der Waals surface area contributed by atoms with Crippen LogP contribution in [0.3, 0.4) is 0 Å². The van der Waals surface area contributed by atoms with E-state index in [2.05, 4.69) is 113 Å². The Balaban J connectivity index is 3.08. The van der Waals surface area contributed by atoms with Crippen LogP contribution in [0.25, 0.3) is 11.1 Å². The van der Waals surface area contributed by atoms with Gasteiger partial charge in [-0.2, -0.15) is 0 Å². The highest BCUT2D eigenvalue weighted by Crippen LogP contribution is 2.61. The summed E-state index contributed by atoms with van der Waals surface area (Å²) in [4.78, 5) is 0. The van der Waals surface area contributed by atoms with Gasteiger partial charge in [0.2, 0.25) is 0 Å². The van der Waals surface area contributed by atoms with Crippen molar-refractivity contribution in [2.24, 2.45) is 0 Å². The summed E-state index contributed by atoms with van der Waals surface area (Å²) in [6, 6.07) is 11.6. The lowest BCUT2D eigenvalue weighted by atomic mass is 9.81. The molecule has 0 unspecified atom stereocenters. The second-order valence-electron chi connectivity index (χ2n) is 12.1. The van der Waals surface area contributed by atoms with Gasteiger partial charge in [-0.1, -0.05) is 115 Å². The van der Waals surface area contributed by atoms with Crippen LogP contribution in [-0.4, -0.2) is 17.4 Å². The van der Waals surface area contributed by atoms with Crippen LogP contribution < -0.4 is 10.0 Å². The van der Waals surface area contributed by atoms with Crippen molar-refractivity contribution in [2.75, 3.05) is 7.11 Å². The molecule has 2 aromatic carbocycles. The number of hydrogen-bond donors (Lipinski definition) is 0. The van der Waals surface area contributed by atoms with Gasteiger partial charge in [-0.25, -0.2) is 0 Å². The standard InChI is InChI=1S/C30H47OP/c1-19(2)22-17-24(20(3)4)27(25(18-22)21(5)6)23-15-14-16-26(31-13)28(23)32(29(7,8)9)30(10,11)12/h14-21H,1-13H3. The number of hydrogen-bond acceptors (Lipinski definition) is 1. The minimum absolute atomic E-state index is 0.158. The van der Waals surface area contributed by atoms with Gasteiger partial charge in [0.15, 0.2) is 0 Å². The maximum atomic E-state index is 6.06. The molecule has 0 aromatic heterocycles. The number of benzene rings is 2. The van der Waals surface area contributed by atoms with Gasteiger partial charge >= 0.3 is 0 Å². The monoisotopic (exact) mass is 454 g/mol. The van der Waals surface area contributed by atoms with E-state index in [-0.39, 0.29) is 10.3 Å². The lowest BCUT2D eigenvalue weighted by Gasteiger charge is -2.43. The molecule has 2 aromatic rings. The Morgan fingerprint density at radius 2 is 1.19 bits per heavy atom. The van der Waals surface area contributed by atoms with E-state index >= 15 is 0 Å². The third-order valence-corrected chi connectivity index (χ3v) is 9.78. The van der Waals surface area contributed by atoms with Crippen molar-refractivity contribution < 1.29 is 4.74 Å². The molecule has 0 fully saturated rings. The van der Waals surface area contributed by atoms with E-state index in [9.17, 15) is 0 Å². The van der Waals surface area contributed by atoms with E-state index in [1.165, 1.54) is 33.1 Å². The number of rotatable bonds is 6. The molecule has 178 valence electrons. The van der Waals surface area contributed by atoms with Crippen LogP contribution in [-0.2, 0) is 0 Å². The fourth-order valence-corrected chi connectivity index (χ4v) is 9.23. The molecule has 0 aliphatic carbocycles. The molecule has 0 saturated heterocycles. The first-order valence-electron chi connectivity index (χ1n) is 12.3. The van der Waals surface area contributed by atoms with E-state index in [1.54, 1.807) is 0 Å². The van der Waals surface area contributed by atoms with Crippen molar-refractivity contribution in [3.05, 3.63) is 47.0 Å². The zero-order chi connectivity index (χ0) is 24.6. The zero-order valence-corrected chi connectivity index (χ0v) is 23.9. The molecule has 0 aliphatic rings. The summed E-state index contributed by atoms with van der Waals surface area (Å²) in [7, 11) is 1.31. The second-order valence-corrected chi connectivity index (χ2v) is 15.9. The number of methoxy groups -OCH3 is 1. The molecule has 2 heteroatoms. The highest BCUT2D eigenvalue weighted by Gasteiger charge is 2.39. The molecule has 0 aliphatic heterocycles. The molecule has 0 saturated carbocycles. The summed E-state index contributed by atoms with van der Waals surface area (Å²) < 4.78 is 6.06. The Morgan fingerprint density at radius 3 is 1.53 bits per heavy atom. The molecular formula is C30H47OP. The van der Waals surface area contributed by atoms with Crippen LogP contribution in [0.4, 0.5) is 0 Å². The van der Waals surface area contributed by atoms with E-state index in [1.807, 2.05) is 7.11 Å². The largest absolute Gasteiger partial charge is 0.496 e. The van der Waals surface area contributed by atoms with Gasteiger partial charge < -0.3 is 4.74 Å².